The molecule has 0 aliphatic carbocycles. The molecular formula is C15H20N4OS. The van der Waals surface area contributed by atoms with E-state index < -0.39 is 0 Å². The molecule has 2 heterocycles. The topological polar surface area (TPSA) is 66.9 Å². The van der Waals surface area contributed by atoms with Gasteiger partial charge in [0, 0.05) is 29.4 Å². The molecule has 21 heavy (non-hydrogen) atoms. The lowest BCUT2D eigenvalue weighted by Crippen LogP contribution is -2.26. The largest absolute Gasteiger partial charge is 0.370 e. The molecule has 0 aliphatic rings. The van der Waals surface area contributed by atoms with Gasteiger partial charge in [-0.25, -0.2) is 9.97 Å². The van der Waals surface area contributed by atoms with Crippen LogP contribution in [-0.4, -0.2) is 22.4 Å². The first-order chi connectivity index (χ1) is 10.1. The van der Waals surface area contributed by atoms with Crippen LogP contribution in [0, 0.1) is 6.92 Å². The highest BCUT2D eigenvalue weighted by Crippen LogP contribution is 2.18. The summed E-state index contributed by atoms with van der Waals surface area (Å²) in [5.74, 6) is 0.611. The van der Waals surface area contributed by atoms with Crippen LogP contribution >= 0.6 is 11.3 Å². The Hall–Kier alpha value is -1.95. The third kappa shape index (κ3) is 4.26. The zero-order chi connectivity index (χ0) is 15.2. The number of carbonyl (C=O) groups excluding carboxylic acids is 1. The predicted octanol–water partition coefficient (Wildman–Crippen LogP) is 3.16. The predicted molar refractivity (Wildman–Crippen MR) is 85.7 cm³/mol. The van der Waals surface area contributed by atoms with Crippen LogP contribution in [0.25, 0.3) is 0 Å². The number of amides is 1. The summed E-state index contributed by atoms with van der Waals surface area (Å²) in [5.41, 5.74) is 1.58. The molecule has 1 unspecified atom stereocenters. The van der Waals surface area contributed by atoms with Crippen molar-refractivity contribution >= 4 is 23.1 Å². The summed E-state index contributed by atoms with van der Waals surface area (Å²) in [5, 5.41) is 9.04. The number of thiazole rings is 1. The lowest BCUT2D eigenvalue weighted by atomic mass is 10.2. The van der Waals surface area contributed by atoms with Crippen molar-refractivity contribution in [3.8, 4) is 0 Å². The fraction of sp³-hybridized carbons (Fsp3) is 0.400. The molecule has 2 N–H and O–H groups in total. The SMILES string of the molecule is CCCNc1cc(C(=O)NC(C)c2nc(C)cs2)ccn1. The van der Waals surface area contributed by atoms with Crippen molar-refractivity contribution in [2.45, 2.75) is 33.2 Å². The molecule has 112 valence electrons. The Labute approximate surface area is 128 Å². The number of nitrogens with one attached hydrogen (secondary N) is 2. The molecule has 0 radical (unpaired) electrons. The van der Waals surface area contributed by atoms with E-state index in [2.05, 4.69) is 27.5 Å². The number of aryl methyl sites for hydroxylation is 1. The summed E-state index contributed by atoms with van der Waals surface area (Å²) < 4.78 is 0. The maximum absolute atomic E-state index is 12.3. The van der Waals surface area contributed by atoms with Gasteiger partial charge in [-0.15, -0.1) is 11.3 Å². The van der Waals surface area contributed by atoms with Crippen molar-refractivity contribution < 1.29 is 4.79 Å². The summed E-state index contributed by atoms with van der Waals surface area (Å²) >= 11 is 1.56. The van der Waals surface area contributed by atoms with Crippen LogP contribution in [0.2, 0.25) is 0 Å². The molecule has 0 spiro atoms. The smallest absolute Gasteiger partial charge is 0.252 e. The third-order valence-electron chi connectivity index (χ3n) is 2.93. The molecule has 0 saturated carbocycles. The van der Waals surface area contributed by atoms with Gasteiger partial charge in [-0.05, 0) is 32.4 Å². The lowest BCUT2D eigenvalue weighted by molar-refractivity contribution is 0.0939. The van der Waals surface area contributed by atoms with E-state index in [4.69, 9.17) is 0 Å². The molecular weight excluding hydrogens is 284 g/mol. The highest BCUT2D eigenvalue weighted by atomic mass is 32.1. The molecule has 0 aromatic carbocycles. The van der Waals surface area contributed by atoms with Crippen LogP contribution in [-0.2, 0) is 0 Å². The van der Waals surface area contributed by atoms with Crippen LogP contribution < -0.4 is 10.6 Å². The molecule has 0 aliphatic heterocycles. The summed E-state index contributed by atoms with van der Waals surface area (Å²) in [6, 6.07) is 3.38. The van der Waals surface area contributed by atoms with Gasteiger partial charge in [0.25, 0.3) is 5.91 Å². The van der Waals surface area contributed by atoms with E-state index in [1.807, 2.05) is 19.2 Å². The van der Waals surface area contributed by atoms with Gasteiger partial charge in [-0.2, -0.15) is 0 Å². The summed E-state index contributed by atoms with van der Waals surface area (Å²) in [7, 11) is 0. The van der Waals surface area contributed by atoms with E-state index >= 15 is 0 Å². The Bertz CT molecular complexity index is 611. The summed E-state index contributed by atoms with van der Waals surface area (Å²) in [4.78, 5) is 20.9. The minimum Gasteiger partial charge on any atom is -0.370 e. The molecule has 2 aromatic rings. The van der Waals surface area contributed by atoms with Gasteiger partial charge >= 0.3 is 0 Å². The van der Waals surface area contributed by atoms with Crippen LogP contribution in [0.15, 0.2) is 23.7 Å². The Morgan fingerprint density at radius 1 is 1.48 bits per heavy atom. The van der Waals surface area contributed by atoms with Crippen molar-refractivity contribution in [3.05, 3.63) is 40.0 Å². The van der Waals surface area contributed by atoms with E-state index in [9.17, 15) is 4.79 Å². The van der Waals surface area contributed by atoms with Gasteiger partial charge in [0.2, 0.25) is 0 Å². The second kappa shape index (κ2) is 7.17. The first-order valence-electron chi connectivity index (χ1n) is 7.03. The molecule has 0 bridgehead atoms. The average molecular weight is 304 g/mol. The normalized spacial score (nSPS) is 12.0. The molecule has 6 heteroatoms. The molecule has 0 saturated heterocycles. The van der Waals surface area contributed by atoms with Crippen molar-refractivity contribution in [2.75, 3.05) is 11.9 Å². The van der Waals surface area contributed by atoms with Crippen LogP contribution in [0.1, 0.15) is 47.4 Å². The standard InChI is InChI=1S/C15H20N4OS/c1-4-6-16-13-8-12(5-7-17-13)14(20)19-11(3)15-18-10(2)9-21-15/h5,7-9,11H,4,6H2,1-3H3,(H,16,17)(H,19,20). The second-order valence-electron chi connectivity index (χ2n) is 4.88. The first kappa shape index (κ1) is 15.4. The third-order valence-corrected chi connectivity index (χ3v) is 4.08. The molecule has 2 rings (SSSR count). The Kier molecular flexibility index (Phi) is 5.27. The van der Waals surface area contributed by atoms with Crippen molar-refractivity contribution in [3.63, 3.8) is 0 Å². The van der Waals surface area contributed by atoms with E-state index in [1.165, 1.54) is 0 Å². The van der Waals surface area contributed by atoms with Gasteiger partial charge in [-0.3, -0.25) is 4.79 Å². The Morgan fingerprint density at radius 3 is 2.95 bits per heavy atom. The number of hydrogen-bond acceptors (Lipinski definition) is 5. The number of carbonyl (C=O) groups is 1. The summed E-state index contributed by atoms with van der Waals surface area (Å²) in [6.07, 6.45) is 2.66. The number of anilines is 1. The van der Waals surface area contributed by atoms with Crippen molar-refractivity contribution in [1.29, 1.82) is 0 Å². The minimum absolute atomic E-state index is 0.101. The van der Waals surface area contributed by atoms with E-state index in [0.29, 0.717) is 5.56 Å². The van der Waals surface area contributed by atoms with Crippen molar-refractivity contribution in [2.24, 2.45) is 0 Å². The quantitative estimate of drug-likeness (QED) is 0.860. The maximum Gasteiger partial charge on any atom is 0.252 e. The zero-order valence-corrected chi connectivity index (χ0v) is 13.3. The molecule has 1 atom stereocenters. The number of aromatic nitrogens is 2. The monoisotopic (exact) mass is 304 g/mol. The maximum atomic E-state index is 12.3. The van der Waals surface area contributed by atoms with E-state index in [1.54, 1.807) is 29.7 Å². The molecule has 1 amide bonds. The fourth-order valence-electron chi connectivity index (χ4n) is 1.83. The number of hydrogen-bond donors (Lipinski definition) is 2. The Balaban J connectivity index is 2.02. The number of rotatable bonds is 6. The van der Waals surface area contributed by atoms with Gasteiger partial charge in [0.1, 0.15) is 10.8 Å². The summed E-state index contributed by atoms with van der Waals surface area (Å²) in [6.45, 7) is 6.81. The average Bonchev–Trinajstić information content (AvgIpc) is 2.92. The number of nitrogens with zero attached hydrogens (tertiary/aromatic N) is 2. The highest BCUT2D eigenvalue weighted by molar-refractivity contribution is 7.09. The fourth-order valence-corrected chi connectivity index (χ4v) is 2.64. The highest BCUT2D eigenvalue weighted by Gasteiger charge is 2.14. The van der Waals surface area contributed by atoms with Crippen LogP contribution in [0.5, 0.6) is 0 Å². The van der Waals surface area contributed by atoms with Gasteiger partial charge in [-0.1, -0.05) is 6.92 Å². The van der Waals surface area contributed by atoms with Crippen LogP contribution in [0.4, 0.5) is 5.82 Å². The molecule has 5 nitrogen and oxygen atoms in total. The molecule has 0 fully saturated rings. The first-order valence-corrected chi connectivity index (χ1v) is 7.91. The van der Waals surface area contributed by atoms with Gasteiger partial charge in [0.15, 0.2) is 0 Å². The van der Waals surface area contributed by atoms with Gasteiger partial charge < -0.3 is 10.6 Å². The minimum atomic E-state index is -0.114. The van der Waals surface area contributed by atoms with Crippen molar-refractivity contribution in [1.82, 2.24) is 15.3 Å². The van der Waals surface area contributed by atoms with E-state index in [-0.39, 0.29) is 11.9 Å². The number of pyridine rings is 1. The van der Waals surface area contributed by atoms with E-state index in [0.717, 1.165) is 29.5 Å². The van der Waals surface area contributed by atoms with Crippen LogP contribution in [0.3, 0.4) is 0 Å². The Morgan fingerprint density at radius 2 is 2.29 bits per heavy atom. The van der Waals surface area contributed by atoms with Gasteiger partial charge in [0.05, 0.1) is 6.04 Å². The second-order valence-corrected chi connectivity index (χ2v) is 5.77. The zero-order valence-electron chi connectivity index (χ0n) is 12.5. The molecule has 2 aromatic heterocycles. The lowest BCUT2D eigenvalue weighted by Gasteiger charge is -2.12.